The van der Waals surface area contributed by atoms with Crippen molar-refractivity contribution in [2.24, 2.45) is 0 Å². The average molecular weight is 295 g/mol. The van der Waals surface area contributed by atoms with Crippen LogP contribution >= 0.6 is 23.8 Å². The highest BCUT2D eigenvalue weighted by atomic mass is 35.5. The third-order valence-corrected chi connectivity index (χ3v) is 4.93. The van der Waals surface area contributed by atoms with Gasteiger partial charge in [0.2, 0.25) is 0 Å². The van der Waals surface area contributed by atoms with Crippen LogP contribution in [-0.4, -0.2) is 38.6 Å². The summed E-state index contributed by atoms with van der Waals surface area (Å²) in [4.78, 5) is 10.3. The van der Waals surface area contributed by atoms with Crippen LogP contribution in [0, 0.1) is 4.77 Å². The molecule has 2 fully saturated rings. The quantitative estimate of drug-likeness (QED) is 0.821. The molecule has 0 spiro atoms. The van der Waals surface area contributed by atoms with E-state index >= 15 is 0 Å². The van der Waals surface area contributed by atoms with E-state index in [0.717, 1.165) is 22.4 Å². The number of hydrogen-bond donors (Lipinski definition) is 1. The van der Waals surface area contributed by atoms with Gasteiger partial charge in [0.15, 0.2) is 10.4 Å². The Kier molecular flexibility index (Phi) is 2.69. The lowest BCUT2D eigenvalue weighted by molar-refractivity contribution is 0.291. The molecule has 1 N–H and O–H groups in total. The van der Waals surface area contributed by atoms with Gasteiger partial charge in [-0.15, -0.1) is 0 Å². The molecule has 4 heterocycles. The lowest BCUT2D eigenvalue weighted by Gasteiger charge is -2.21. The van der Waals surface area contributed by atoms with E-state index in [1.165, 1.54) is 25.9 Å². The Morgan fingerprint density at radius 1 is 1.32 bits per heavy atom. The molecule has 0 aromatic carbocycles. The Morgan fingerprint density at radius 2 is 2.21 bits per heavy atom. The summed E-state index contributed by atoms with van der Waals surface area (Å²) in [5, 5.41) is 0.643. The molecule has 100 valence electrons. The van der Waals surface area contributed by atoms with Gasteiger partial charge in [-0.2, -0.15) is 0 Å². The predicted molar refractivity (Wildman–Crippen MR) is 78.2 cm³/mol. The number of fused-ring (bicyclic) bond motifs is 2. The van der Waals surface area contributed by atoms with Crippen molar-refractivity contribution in [3.05, 3.63) is 22.1 Å². The van der Waals surface area contributed by atoms with E-state index in [1.54, 1.807) is 6.20 Å². The zero-order valence-electron chi connectivity index (χ0n) is 10.5. The number of H-pyrrole nitrogens is 1. The van der Waals surface area contributed by atoms with Gasteiger partial charge in [0.05, 0.1) is 16.6 Å². The van der Waals surface area contributed by atoms with Crippen LogP contribution < -0.4 is 0 Å². The maximum atomic E-state index is 6.00. The van der Waals surface area contributed by atoms with Gasteiger partial charge in [0.25, 0.3) is 0 Å². The summed E-state index contributed by atoms with van der Waals surface area (Å²) in [7, 11) is 0. The summed E-state index contributed by atoms with van der Waals surface area (Å²) in [5.41, 5.74) is 1.88. The molecule has 0 saturated carbocycles. The van der Waals surface area contributed by atoms with Crippen molar-refractivity contribution in [1.82, 2.24) is 19.4 Å². The number of imidazole rings is 1. The van der Waals surface area contributed by atoms with Crippen molar-refractivity contribution in [2.45, 2.75) is 31.3 Å². The number of pyridine rings is 1. The van der Waals surface area contributed by atoms with Crippen LogP contribution in [0.15, 0.2) is 12.3 Å². The number of halogens is 1. The molecular weight excluding hydrogens is 280 g/mol. The average Bonchev–Trinajstić information content (AvgIpc) is 3.02. The Hall–Kier alpha value is -0.910. The summed E-state index contributed by atoms with van der Waals surface area (Å²) >= 11 is 11.5. The molecular formula is C13H15ClN4S. The molecule has 2 saturated heterocycles. The zero-order chi connectivity index (χ0) is 13.0. The van der Waals surface area contributed by atoms with Crippen LogP contribution in [0.3, 0.4) is 0 Å². The highest BCUT2D eigenvalue weighted by Crippen LogP contribution is 2.37. The number of nitrogens with one attached hydrogen (secondary N) is 1. The highest BCUT2D eigenvalue weighted by Gasteiger charge is 2.39. The standard InChI is InChI=1S/C13H15ClN4S/c14-8-6-9-12(15-7-8)18(13(19)16-9)11-3-5-17-4-1-2-10(11)17/h6-7,10-11H,1-5H2,(H,16,19). The van der Waals surface area contributed by atoms with E-state index in [4.69, 9.17) is 23.8 Å². The van der Waals surface area contributed by atoms with Gasteiger partial charge in [-0.25, -0.2) is 4.98 Å². The Balaban J connectivity index is 1.87. The van der Waals surface area contributed by atoms with Crippen LogP contribution in [-0.2, 0) is 0 Å². The fourth-order valence-electron chi connectivity index (χ4n) is 3.65. The summed E-state index contributed by atoms with van der Waals surface area (Å²) in [6.45, 7) is 2.41. The first-order valence-corrected chi connectivity index (χ1v) is 7.52. The highest BCUT2D eigenvalue weighted by molar-refractivity contribution is 7.71. The minimum absolute atomic E-state index is 0.456. The summed E-state index contributed by atoms with van der Waals surface area (Å²) in [6, 6.07) is 2.98. The lowest BCUT2D eigenvalue weighted by atomic mass is 10.1. The third kappa shape index (κ3) is 1.75. The lowest BCUT2D eigenvalue weighted by Crippen LogP contribution is -2.27. The molecule has 0 radical (unpaired) electrons. The van der Waals surface area contributed by atoms with Crippen molar-refractivity contribution < 1.29 is 0 Å². The van der Waals surface area contributed by atoms with E-state index in [2.05, 4.69) is 19.4 Å². The van der Waals surface area contributed by atoms with Crippen molar-refractivity contribution in [2.75, 3.05) is 13.1 Å². The SMILES string of the molecule is S=c1[nH]c2cc(Cl)cnc2n1C1CCN2CCCC12. The van der Waals surface area contributed by atoms with E-state index in [9.17, 15) is 0 Å². The number of rotatable bonds is 1. The molecule has 0 amide bonds. The second-order valence-corrected chi connectivity index (χ2v) is 6.25. The van der Waals surface area contributed by atoms with Crippen LogP contribution in [0.5, 0.6) is 0 Å². The fraction of sp³-hybridized carbons (Fsp3) is 0.538. The Bertz CT molecular complexity index is 691. The summed E-state index contributed by atoms with van der Waals surface area (Å²) in [6.07, 6.45) is 5.43. The maximum absolute atomic E-state index is 6.00. The molecule has 2 aliphatic rings. The second-order valence-electron chi connectivity index (χ2n) is 5.43. The summed E-state index contributed by atoms with van der Waals surface area (Å²) < 4.78 is 2.97. The minimum Gasteiger partial charge on any atom is -0.329 e. The van der Waals surface area contributed by atoms with Crippen LogP contribution in [0.1, 0.15) is 25.3 Å². The molecule has 2 aromatic rings. The molecule has 19 heavy (non-hydrogen) atoms. The largest absolute Gasteiger partial charge is 0.329 e. The van der Waals surface area contributed by atoms with Crippen molar-refractivity contribution in [1.29, 1.82) is 0 Å². The number of nitrogens with zero attached hydrogens (tertiary/aromatic N) is 3. The molecule has 4 rings (SSSR count). The first-order valence-electron chi connectivity index (χ1n) is 6.74. The number of aromatic amines is 1. The first kappa shape index (κ1) is 11.9. The van der Waals surface area contributed by atoms with E-state index in [0.29, 0.717) is 17.1 Å². The van der Waals surface area contributed by atoms with E-state index < -0.39 is 0 Å². The van der Waals surface area contributed by atoms with Gasteiger partial charge in [0, 0.05) is 18.8 Å². The van der Waals surface area contributed by atoms with Crippen LogP contribution in [0.2, 0.25) is 5.02 Å². The fourth-order valence-corrected chi connectivity index (χ4v) is 4.14. The Morgan fingerprint density at radius 3 is 3.11 bits per heavy atom. The molecule has 2 aromatic heterocycles. The van der Waals surface area contributed by atoms with Crippen molar-refractivity contribution >= 4 is 35.0 Å². The molecule has 0 aliphatic carbocycles. The van der Waals surface area contributed by atoms with Crippen LogP contribution in [0.4, 0.5) is 0 Å². The van der Waals surface area contributed by atoms with Crippen LogP contribution in [0.25, 0.3) is 11.2 Å². The number of aromatic nitrogens is 3. The molecule has 2 unspecified atom stereocenters. The van der Waals surface area contributed by atoms with E-state index in [-0.39, 0.29) is 0 Å². The predicted octanol–water partition coefficient (Wildman–Crippen LogP) is 3.16. The van der Waals surface area contributed by atoms with Gasteiger partial charge in [-0.1, -0.05) is 11.6 Å². The zero-order valence-corrected chi connectivity index (χ0v) is 12.0. The number of hydrogen-bond acceptors (Lipinski definition) is 3. The van der Waals surface area contributed by atoms with Crippen molar-refractivity contribution in [3.8, 4) is 0 Å². The summed E-state index contributed by atoms with van der Waals surface area (Å²) in [5.74, 6) is 0. The molecule has 6 heteroatoms. The Labute approximate surface area is 121 Å². The third-order valence-electron chi connectivity index (χ3n) is 4.42. The van der Waals surface area contributed by atoms with Gasteiger partial charge in [-0.05, 0) is 44.1 Å². The molecule has 0 bridgehead atoms. The van der Waals surface area contributed by atoms with Gasteiger partial charge in [-0.3, -0.25) is 9.47 Å². The molecule has 4 nitrogen and oxygen atoms in total. The van der Waals surface area contributed by atoms with Gasteiger partial charge >= 0.3 is 0 Å². The molecule has 2 atom stereocenters. The monoisotopic (exact) mass is 294 g/mol. The van der Waals surface area contributed by atoms with Gasteiger partial charge in [0.1, 0.15) is 0 Å². The maximum Gasteiger partial charge on any atom is 0.179 e. The van der Waals surface area contributed by atoms with E-state index in [1.807, 2.05) is 6.07 Å². The normalized spacial score (nSPS) is 27.2. The smallest absolute Gasteiger partial charge is 0.179 e. The van der Waals surface area contributed by atoms with Gasteiger partial charge < -0.3 is 4.98 Å². The first-order chi connectivity index (χ1) is 9.24. The minimum atomic E-state index is 0.456. The topological polar surface area (TPSA) is 36.9 Å². The molecule has 2 aliphatic heterocycles. The van der Waals surface area contributed by atoms with Crippen molar-refractivity contribution in [3.63, 3.8) is 0 Å². The second kappa shape index (κ2) is 4.30.